The first-order valence-corrected chi connectivity index (χ1v) is 5.54. The first-order chi connectivity index (χ1) is 5.85. The van der Waals surface area contributed by atoms with Crippen LogP contribution in [-0.4, -0.2) is 0 Å². The second-order valence-corrected chi connectivity index (χ2v) is 5.50. The van der Waals surface area contributed by atoms with Gasteiger partial charge in [-0.15, -0.1) is 0 Å². The molecule has 0 nitrogen and oxygen atoms in total. The second-order valence-electron chi connectivity index (χ2n) is 5.50. The Balaban J connectivity index is 3.09. The standard InChI is InChI=1S/C13H24/c1-7-13(6)11(3)10(2)8-9-12(13,4)5/h8-11H,7H2,1-6H3. The molecule has 0 amide bonds. The van der Waals surface area contributed by atoms with Gasteiger partial charge in [-0.25, -0.2) is 0 Å². The third kappa shape index (κ3) is 1.45. The van der Waals surface area contributed by atoms with Gasteiger partial charge in [-0.1, -0.05) is 53.7 Å². The van der Waals surface area contributed by atoms with E-state index < -0.39 is 0 Å². The van der Waals surface area contributed by atoms with Gasteiger partial charge < -0.3 is 0 Å². The van der Waals surface area contributed by atoms with E-state index >= 15 is 0 Å². The largest absolute Gasteiger partial charge is 0.0848 e. The summed E-state index contributed by atoms with van der Waals surface area (Å²) < 4.78 is 0. The van der Waals surface area contributed by atoms with Crippen LogP contribution in [0.4, 0.5) is 0 Å². The molecule has 0 spiro atoms. The fourth-order valence-corrected chi connectivity index (χ4v) is 2.69. The highest BCUT2D eigenvalue weighted by atomic mass is 14.5. The van der Waals surface area contributed by atoms with E-state index in [-0.39, 0.29) is 0 Å². The molecule has 0 heterocycles. The summed E-state index contributed by atoms with van der Waals surface area (Å²) in [6, 6.07) is 0. The summed E-state index contributed by atoms with van der Waals surface area (Å²) in [6.07, 6.45) is 6.08. The van der Waals surface area contributed by atoms with Crippen molar-refractivity contribution in [2.24, 2.45) is 22.7 Å². The molecule has 3 atom stereocenters. The lowest BCUT2D eigenvalue weighted by atomic mass is 9.53. The molecule has 0 heteroatoms. The fourth-order valence-electron chi connectivity index (χ4n) is 2.69. The quantitative estimate of drug-likeness (QED) is 0.529. The lowest BCUT2D eigenvalue weighted by Crippen LogP contribution is -2.43. The Kier molecular flexibility index (Phi) is 2.62. The van der Waals surface area contributed by atoms with E-state index in [1.807, 2.05) is 0 Å². The topological polar surface area (TPSA) is 0 Å². The van der Waals surface area contributed by atoms with Crippen LogP contribution in [0.5, 0.6) is 0 Å². The maximum absolute atomic E-state index is 2.44. The Bertz CT molecular complexity index is 212. The van der Waals surface area contributed by atoms with Crippen molar-refractivity contribution in [3.8, 4) is 0 Å². The van der Waals surface area contributed by atoms with Crippen LogP contribution in [0.1, 0.15) is 48.0 Å². The molecule has 0 radical (unpaired) electrons. The zero-order valence-electron chi connectivity index (χ0n) is 10.0. The van der Waals surface area contributed by atoms with Crippen LogP contribution in [0.3, 0.4) is 0 Å². The van der Waals surface area contributed by atoms with E-state index in [4.69, 9.17) is 0 Å². The Labute approximate surface area is 83.4 Å². The zero-order chi connectivity index (χ0) is 10.3. The van der Waals surface area contributed by atoms with Crippen molar-refractivity contribution in [2.45, 2.75) is 48.0 Å². The average molecular weight is 180 g/mol. The minimum atomic E-state index is 0.355. The molecule has 1 rings (SSSR count). The van der Waals surface area contributed by atoms with Crippen molar-refractivity contribution in [3.05, 3.63) is 12.2 Å². The lowest BCUT2D eigenvalue weighted by Gasteiger charge is -2.51. The van der Waals surface area contributed by atoms with Crippen molar-refractivity contribution in [1.29, 1.82) is 0 Å². The first kappa shape index (κ1) is 10.8. The first-order valence-electron chi connectivity index (χ1n) is 5.54. The highest BCUT2D eigenvalue weighted by Crippen LogP contribution is 2.53. The summed E-state index contributed by atoms with van der Waals surface area (Å²) in [4.78, 5) is 0. The number of rotatable bonds is 1. The van der Waals surface area contributed by atoms with Gasteiger partial charge in [0, 0.05) is 0 Å². The number of hydrogen-bond acceptors (Lipinski definition) is 0. The molecule has 1 aliphatic rings. The highest BCUT2D eigenvalue weighted by molar-refractivity contribution is 5.12. The van der Waals surface area contributed by atoms with Gasteiger partial charge in [0.15, 0.2) is 0 Å². The van der Waals surface area contributed by atoms with E-state index in [1.165, 1.54) is 6.42 Å². The Morgan fingerprint density at radius 3 is 2.08 bits per heavy atom. The van der Waals surface area contributed by atoms with Crippen LogP contribution < -0.4 is 0 Å². The Morgan fingerprint density at radius 1 is 1.15 bits per heavy atom. The maximum atomic E-state index is 2.44. The molecule has 0 saturated heterocycles. The maximum Gasteiger partial charge on any atom is -0.0118 e. The van der Waals surface area contributed by atoms with Crippen molar-refractivity contribution in [2.75, 3.05) is 0 Å². The molecule has 0 aromatic rings. The second kappa shape index (κ2) is 3.15. The molecule has 0 aromatic carbocycles. The Morgan fingerprint density at radius 2 is 1.69 bits per heavy atom. The molecule has 0 aliphatic heterocycles. The van der Waals surface area contributed by atoms with Gasteiger partial charge in [0.25, 0.3) is 0 Å². The molecule has 0 bridgehead atoms. The van der Waals surface area contributed by atoms with E-state index in [1.54, 1.807) is 0 Å². The predicted octanol–water partition coefficient (Wildman–Crippen LogP) is 4.27. The van der Waals surface area contributed by atoms with Gasteiger partial charge in [0.1, 0.15) is 0 Å². The molecule has 1 aliphatic carbocycles. The third-order valence-corrected chi connectivity index (χ3v) is 4.82. The minimum Gasteiger partial charge on any atom is -0.0848 e. The van der Waals surface area contributed by atoms with Crippen LogP contribution in [0.2, 0.25) is 0 Å². The fraction of sp³-hybridized carbons (Fsp3) is 0.846. The summed E-state index contributed by atoms with van der Waals surface area (Å²) in [5, 5.41) is 0. The molecule has 0 saturated carbocycles. The molecule has 0 N–H and O–H groups in total. The van der Waals surface area contributed by atoms with Crippen molar-refractivity contribution in [3.63, 3.8) is 0 Å². The summed E-state index contributed by atoms with van der Waals surface area (Å²) in [7, 11) is 0. The van der Waals surface area contributed by atoms with E-state index in [9.17, 15) is 0 Å². The van der Waals surface area contributed by atoms with E-state index in [0.29, 0.717) is 10.8 Å². The van der Waals surface area contributed by atoms with Crippen LogP contribution in [-0.2, 0) is 0 Å². The van der Waals surface area contributed by atoms with Crippen molar-refractivity contribution >= 4 is 0 Å². The van der Waals surface area contributed by atoms with Gasteiger partial charge in [0.05, 0.1) is 0 Å². The van der Waals surface area contributed by atoms with Gasteiger partial charge in [-0.2, -0.15) is 0 Å². The zero-order valence-corrected chi connectivity index (χ0v) is 10.0. The number of hydrogen-bond donors (Lipinski definition) is 0. The molecular weight excluding hydrogens is 156 g/mol. The van der Waals surface area contributed by atoms with Crippen LogP contribution in [0, 0.1) is 22.7 Å². The highest BCUT2D eigenvalue weighted by Gasteiger charge is 2.45. The number of allylic oxidation sites excluding steroid dienone is 2. The van der Waals surface area contributed by atoms with Gasteiger partial charge in [-0.05, 0) is 29.1 Å². The van der Waals surface area contributed by atoms with Crippen molar-refractivity contribution < 1.29 is 0 Å². The van der Waals surface area contributed by atoms with Crippen LogP contribution in [0.25, 0.3) is 0 Å². The molecular formula is C13H24. The third-order valence-electron chi connectivity index (χ3n) is 4.82. The summed E-state index contributed by atoms with van der Waals surface area (Å²) in [5.74, 6) is 1.52. The molecule has 0 aromatic heterocycles. The lowest BCUT2D eigenvalue weighted by molar-refractivity contribution is 0.0290. The molecule has 76 valence electrons. The summed E-state index contributed by atoms with van der Waals surface area (Å²) >= 11 is 0. The molecule has 13 heavy (non-hydrogen) atoms. The van der Waals surface area contributed by atoms with Gasteiger partial charge >= 0.3 is 0 Å². The van der Waals surface area contributed by atoms with Gasteiger partial charge in [-0.3, -0.25) is 0 Å². The molecule has 3 unspecified atom stereocenters. The summed E-state index contributed by atoms with van der Waals surface area (Å²) in [5.41, 5.74) is 0.814. The van der Waals surface area contributed by atoms with E-state index in [2.05, 4.69) is 53.7 Å². The Hall–Kier alpha value is -0.260. The molecule has 0 fully saturated rings. The van der Waals surface area contributed by atoms with Crippen LogP contribution in [0.15, 0.2) is 12.2 Å². The SMILES string of the molecule is CCC1(C)C(C)C(C)C=CC1(C)C. The summed E-state index contributed by atoms with van der Waals surface area (Å²) in [6.45, 7) is 14.2. The average Bonchev–Trinajstić information content (AvgIpc) is 2.09. The van der Waals surface area contributed by atoms with Gasteiger partial charge in [0.2, 0.25) is 0 Å². The smallest absolute Gasteiger partial charge is 0.0118 e. The van der Waals surface area contributed by atoms with Crippen molar-refractivity contribution in [1.82, 2.24) is 0 Å². The minimum absolute atomic E-state index is 0.355. The monoisotopic (exact) mass is 180 g/mol. The van der Waals surface area contributed by atoms with E-state index in [0.717, 1.165) is 11.8 Å². The predicted molar refractivity (Wildman–Crippen MR) is 59.6 cm³/mol. The normalized spacial score (nSPS) is 43.5. The van der Waals surface area contributed by atoms with Crippen LogP contribution >= 0.6 is 0 Å².